The summed E-state index contributed by atoms with van der Waals surface area (Å²) in [7, 11) is 0. The van der Waals surface area contributed by atoms with E-state index in [0.29, 0.717) is 12.3 Å². The smallest absolute Gasteiger partial charge is 0.321 e. The van der Waals surface area contributed by atoms with Crippen LogP contribution in [0.2, 0.25) is 0 Å². The van der Waals surface area contributed by atoms with Gasteiger partial charge in [0.15, 0.2) is 0 Å². The molecule has 1 fully saturated rings. The maximum Gasteiger partial charge on any atom is 0.321 e. The lowest BCUT2D eigenvalue weighted by atomic mass is 10.1. The zero-order valence-electron chi connectivity index (χ0n) is 11.3. The molecular formula is C13H20N4O3. The molecule has 0 spiro atoms. The number of nitrogens with two attached hydrogens (primary N) is 1. The third-order valence-corrected chi connectivity index (χ3v) is 3.17. The second-order valence-corrected chi connectivity index (χ2v) is 4.95. The molecule has 1 aliphatic rings. The van der Waals surface area contributed by atoms with E-state index in [1.165, 1.54) is 6.26 Å². The van der Waals surface area contributed by atoms with Gasteiger partial charge in [0, 0.05) is 12.6 Å². The van der Waals surface area contributed by atoms with Crippen molar-refractivity contribution in [3.05, 3.63) is 24.2 Å². The van der Waals surface area contributed by atoms with Gasteiger partial charge >= 0.3 is 6.03 Å². The molecule has 110 valence electrons. The van der Waals surface area contributed by atoms with Crippen LogP contribution in [0, 0.1) is 0 Å². The molecule has 7 nitrogen and oxygen atoms in total. The summed E-state index contributed by atoms with van der Waals surface area (Å²) in [5.41, 5.74) is 5.84. The fourth-order valence-electron chi connectivity index (χ4n) is 2.23. The second-order valence-electron chi connectivity index (χ2n) is 4.95. The maximum absolute atomic E-state index is 11.7. The van der Waals surface area contributed by atoms with Gasteiger partial charge in [-0.3, -0.25) is 15.0 Å². The zero-order chi connectivity index (χ0) is 14.4. The Morgan fingerprint density at radius 1 is 1.50 bits per heavy atom. The highest BCUT2D eigenvalue weighted by Crippen LogP contribution is 2.07. The molecule has 20 heavy (non-hydrogen) atoms. The normalized spacial score (nSPS) is 19.6. The number of amides is 3. The van der Waals surface area contributed by atoms with Gasteiger partial charge < -0.3 is 15.5 Å². The van der Waals surface area contributed by atoms with E-state index in [1.54, 1.807) is 12.1 Å². The summed E-state index contributed by atoms with van der Waals surface area (Å²) in [6, 6.07) is 3.08. The number of hydrogen-bond donors (Lipinski definition) is 3. The van der Waals surface area contributed by atoms with Crippen molar-refractivity contribution in [2.45, 2.75) is 25.4 Å². The number of piperidine rings is 1. The second kappa shape index (κ2) is 7.06. The van der Waals surface area contributed by atoms with Gasteiger partial charge in [0.1, 0.15) is 5.76 Å². The van der Waals surface area contributed by atoms with E-state index in [4.69, 9.17) is 10.2 Å². The standard InChI is InChI=1S/C13H20N4O3/c14-10-3-1-5-17(8-10)9-12(18)16-13(19)15-7-11-4-2-6-20-11/h2,4,6,10H,1,3,5,7-9,14H2,(H2,15,16,18,19). The van der Waals surface area contributed by atoms with Gasteiger partial charge in [-0.25, -0.2) is 4.79 Å². The van der Waals surface area contributed by atoms with Gasteiger partial charge in [-0.1, -0.05) is 0 Å². The van der Waals surface area contributed by atoms with Crippen molar-refractivity contribution in [3.8, 4) is 0 Å². The molecule has 1 aromatic heterocycles. The highest BCUT2D eigenvalue weighted by molar-refractivity contribution is 5.95. The summed E-state index contributed by atoms with van der Waals surface area (Å²) in [4.78, 5) is 25.2. The summed E-state index contributed by atoms with van der Waals surface area (Å²) in [5, 5.41) is 4.85. The summed E-state index contributed by atoms with van der Waals surface area (Å²) in [6.45, 7) is 1.99. The molecule has 3 amide bonds. The molecule has 7 heteroatoms. The minimum absolute atomic E-state index is 0.115. The Balaban J connectivity index is 1.67. The number of imide groups is 1. The van der Waals surface area contributed by atoms with Crippen molar-refractivity contribution in [3.63, 3.8) is 0 Å². The van der Waals surface area contributed by atoms with Gasteiger partial charge in [0.2, 0.25) is 5.91 Å². The van der Waals surface area contributed by atoms with E-state index in [2.05, 4.69) is 10.6 Å². The summed E-state index contributed by atoms with van der Waals surface area (Å²) in [5.74, 6) is 0.311. The minimum atomic E-state index is -0.521. The molecule has 0 radical (unpaired) electrons. The predicted octanol–water partition coefficient (Wildman–Crippen LogP) is 0.0285. The van der Waals surface area contributed by atoms with E-state index in [1.807, 2.05) is 4.90 Å². The van der Waals surface area contributed by atoms with Crippen LogP contribution >= 0.6 is 0 Å². The van der Waals surface area contributed by atoms with E-state index < -0.39 is 6.03 Å². The molecule has 0 bridgehead atoms. The SMILES string of the molecule is NC1CCCN(CC(=O)NC(=O)NCc2ccco2)C1. The van der Waals surface area contributed by atoms with Crippen LogP contribution in [0.25, 0.3) is 0 Å². The van der Waals surface area contributed by atoms with Crippen LogP contribution in [0.3, 0.4) is 0 Å². The number of rotatable bonds is 4. The first-order chi connectivity index (χ1) is 9.63. The van der Waals surface area contributed by atoms with Crippen LogP contribution in [-0.2, 0) is 11.3 Å². The Bertz CT molecular complexity index is 446. The molecule has 0 saturated carbocycles. The Labute approximate surface area is 117 Å². The van der Waals surface area contributed by atoms with Gasteiger partial charge in [0.05, 0.1) is 19.4 Å². The summed E-state index contributed by atoms with van der Waals surface area (Å²) >= 11 is 0. The molecule has 1 aliphatic heterocycles. The number of furan rings is 1. The number of likely N-dealkylation sites (tertiary alicyclic amines) is 1. The van der Waals surface area contributed by atoms with Gasteiger partial charge in [0.25, 0.3) is 0 Å². The molecular weight excluding hydrogens is 260 g/mol. The third kappa shape index (κ3) is 4.67. The molecule has 1 saturated heterocycles. The Morgan fingerprint density at radius 2 is 2.35 bits per heavy atom. The van der Waals surface area contributed by atoms with Crippen molar-refractivity contribution in [2.75, 3.05) is 19.6 Å². The number of carbonyl (C=O) groups excluding carboxylic acids is 2. The lowest BCUT2D eigenvalue weighted by molar-refractivity contribution is -0.121. The molecule has 1 unspecified atom stereocenters. The third-order valence-electron chi connectivity index (χ3n) is 3.17. The van der Waals surface area contributed by atoms with Crippen LogP contribution in [0.1, 0.15) is 18.6 Å². The van der Waals surface area contributed by atoms with Crippen LogP contribution < -0.4 is 16.4 Å². The van der Waals surface area contributed by atoms with Crippen LogP contribution in [0.5, 0.6) is 0 Å². The first-order valence-electron chi connectivity index (χ1n) is 6.71. The molecule has 4 N–H and O–H groups in total. The topological polar surface area (TPSA) is 101 Å². The minimum Gasteiger partial charge on any atom is -0.467 e. The summed E-state index contributed by atoms with van der Waals surface area (Å²) < 4.78 is 5.07. The molecule has 1 atom stereocenters. The van der Waals surface area contributed by atoms with Crippen molar-refractivity contribution in [2.24, 2.45) is 5.73 Å². The molecule has 2 rings (SSSR count). The fourth-order valence-corrected chi connectivity index (χ4v) is 2.23. The molecule has 1 aromatic rings. The average Bonchev–Trinajstić information content (AvgIpc) is 2.89. The number of hydrogen-bond acceptors (Lipinski definition) is 5. The van der Waals surface area contributed by atoms with E-state index in [-0.39, 0.29) is 25.0 Å². The van der Waals surface area contributed by atoms with E-state index in [0.717, 1.165) is 19.4 Å². The monoisotopic (exact) mass is 280 g/mol. The van der Waals surface area contributed by atoms with Crippen molar-refractivity contribution < 1.29 is 14.0 Å². The van der Waals surface area contributed by atoms with E-state index in [9.17, 15) is 9.59 Å². The average molecular weight is 280 g/mol. The lowest BCUT2D eigenvalue weighted by Gasteiger charge is -2.29. The highest BCUT2D eigenvalue weighted by atomic mass is 16.3. The predicted molar refractivity (Wildman–Crippen MR) is 72.7 cm³/mol. The van der Waals surface area contributed by atoms with Crippen molar-refractivity contribution in [1.29, 1.82) is 0 Å². The Morgan fingerprint density at radius 3 is 3.05 bits per heavy atom. The Kier molecular flexibility index (Phi) is 5.14. The van der Waals surface area contributed by atoms with Crippen LogP contribution in [0.15, 0.2) is 22.8 Å². The van der Waals surface area contributed by atoms with Crippen LogP contribution in [-0.4, -0.2) is 42.5 Å². The van der Waals surface area contributed by atoms with Crippen LogP contribution in [0.4, 0.5) is 4.79 Å². The van der Waals surface area contributed by atoms with Crippen molar-refractivity contribution in [1.82, 2.24) is 15.5 Å². The van der Waals surface area contributed by atoms with Crippen molar-refractivity contribution >= 4 is 11.9 Å². The lowest BCUT2D eigenvalue weighted by Crippen LogP contribution is -2.49. The quantitative estimate of drug-likeness (QED) is 0.722. The largest absolute Gasteiger partial charge is 0.467 e. The number of nitrogens with zero attached hydrogens (tertiary/aromatic N) is 1. The first kappa shape index (κ1) is 14.5. The molecule has 0 aliphatic carbocycles. The van der Waals surface area contributed by atoms with Gasteiger partial charge in [-0.15, -0.1) is 0 Å². The number of urea groups is 1. The molecule has 2 heterocycles. The molecule has 0 aromatic carbocycles. The zero-order valence-corrected chi connectivity index (χ0v) is 11.3. The highest BCUT2D eigenvalue weighted by Gasteiger charge is 2.19. The fraction of sp³-hybridized carbons (Fsp3) is 0.538. The van der Waals surface area contributed by atoms with Gasteiger partial charge in [-0.2, -0.15) is 0 Å². The summed E-state index contributed by atoms with van der Waals surface area (Å²) in [6.07, 6.45) is 3.50. The van der Waals surface area contributed by atoms with E-state index >= 15 is 0 Å². The number of nitrogens with one attached hydrogen (secondary N) is 2. The van der Waals surface area contributed by atoms with Gasteiger partial charge in [-0.05, 0) is 31.5 Å². The Hall–Kier alpha value is -1.86. The first-order valence-corrected chi connectivity index (χ1v) is 6.71. The maximum atomic E-state index is 11.7. The number of carbonyl (C=O) groups is 2.